The number of hydrazone groups is 1. The maximum Gasteiger partial charge on any atom is 0.259 e. The summed E-state index contributed by atoms with van der Waals surface area (Å²) in [6, 6.07) is 9.82. The Morgan fingerprint density at radius 1 is 0.893 bits per heavy atom. The average Bonchev–Trinajstić information content (AvgIpc) is 2.71. The normalized spacial score (nSPS) is 11.2. The van der Waals surface area contributed by atoms with Gasteiger partial charge in [-0.25, -0.2) is 5.43 Å². The molecule has 2 N–H and O–H groups in total. The lowest BCUT2D eigenvalue weighted by Gasteiger charge is -2.04. The minimum Gasteiger partial charge on any atom is -0.347 e. The zero-order valence-electron chi connectivity index (χ0n) is 17.2. The fourth-order valence-corrected chi connectivity index (χ4v) is 2.77. The largest absolute Gasteiger partial charge is 0.347 e. The first-order chi connectivity index (χ1) is 13.7. The molecular weight excluding hydrogens is 350 g/mol. The topological polar surface area (TPSA) is 70.6 Å². The maximum atomic E-state index is 11.7. The zero-order chi connectivity index (χ0) is 20.3. The molecule has 0 aromatic heterocycles. The first kappa shape index (κ1) is 23.6. The van der Waals surface area contributed by atoms with E-state index in [9.17, 15) is 9.59 Å². The Bertz CT molecular complexity index is 597. The number of nitrogens with zero attached hydrogens (tertiary/aromatic N) is 1. The summed E-state index contributed by atoms with van der Waals surface area (Å²) in [6.45, 7) is 2.18. The highest BCUT2D eigenvalue weighted by Gasteiger charge is 2.04. The second kappa shape index (κ2) is 16.7. The molecule has 0 unspecified atom stereocenters. The third-order valence-electron chi connectivity index (χ3n) is 4.39. The van der Waals surface area contributed by atoms with E-state index in [4.69, 9.17) is 0 Å². The van der Waals surface area contributed by atoms with Gasteiger partial charge in [0.2, 0.25) is 5.91 Å². The SMILES string of the molecule is CCCCCCCCCCCC(=O)NCC(=O)N/N=C\C=C\c1ccccc1. The monoisotopic (exact) mass is 385 g/mol. The Labute approximate surface area is 169 Å². The summed E-state index contributed by atoms with van der Waals surface area (Å²) in [7, 11) is 0. The number of carbonyl (C=O) groups is 2. The smallest absolute Gasteiger partial charge is 0.259 e. The summed E-state index contributed by atoms with van der Waals surface area (Å²) in [4.78, 5) is 23.4. The van der Waals surface area contributed by atoms with Crippen molar-refractivity contribution < 1.29 is 9.59 Å². The van der Waals surface area contributed by atoms with Gasteiger partial charge in [0.05, 0.1) is 6.54 Å². The molecule has 0 radical (unpaired) electrons. The van der Waals surface area contributed by atoms with Gasteiger partial charge in [-0.1, -0.05) is 94.7 Å². The van der Waals surface area contributed by atoms with Gasteiger partial charge in [-0.2, -0.15) is 5.10 Å². The van der Waals surface area contributed by atoms with E-state index in [1.807, 2.05) is 36.4 Å². The molecule has 0 heterocycles. The Kier molecular flexibility index (Phi) is 14.1. The van der Waals surface area contributed by atoms with Crippen LogP contribution in [-0.2, 0) is 9.59 Å². The molecule has 0 fully saturated rings. The molecule has 5 heteroatoms. The van der Waals surface area contributed by atoms with Crippen molar-refractivity contribution in [3.8, 4) is 0 Å². The van der Waals surface area contributed by atoms with Crippen molar-refractivity contribution in [1.29, 1.82) is 0 Å². The summed E-state index contributed by atoms with van der Waals surface area (Å²) < 4.78 is 0. The van der Waals surface area contributed by atoms with Gasteiger partial charge in [-0.05, 0) is 18.1 Å². The van der Waals surface area contributed by atoms with Crippen molar-refractivity contribution in [2.75, 3.05) is 6.54 Å². The molecule has 1 aromatic carbocycles. The number of carbonyl (C=O) groups excluding carboxylic acids is 2. The Hall–Kier alpha value is -2.43. The van der Waals surface area contributed by atoms with Crippen molar-refractivity contribution in [3.05, 3.63) is 42.0 Å². The number of benzene rings is 1. The van der Waals surface area contributed by atoms with Crippen LogP contribution in [-0.4, -0.2) is 24.6 Å². The fourth-order valence-electron chi connectivity index (χ4n) is 2.77. The zero-order valence-corrected chi connectivity index (χ0v) is 17.2. The van der Waals surface area contributed by atoms with Gasteiger partial charge in [0, 0.05) is 12.6 Å². The van der Waals surface area contributed by atoms with Gasteiger partial charge < -0.3 is 5.32 Å². The Morgan fingerprint density at radius 3 is 2.21 bits per heavy atom. The van der Waals surface area contributed by atoms with E-state index in [1.165, 1.54) is 51.2 Å². The third-order valence-corrected chi connectivity index (χ3v) is 4.39. The molecule has 5 nitrogen and oxygen atoms in total. The summed E-state index contributed by atoms with van der Waals surface area (Å²) in [5.41, 5.74) is 3.45. The molecule has 0 bridgehead atoms. The van der Waals surface area contributed by atoms with E-state index in [0.717, 1.165) is 18.4 Å². The number of hydrogen-bond acceptors (Lipinski definition) is 3. The van der Waals surface area contributed by atoms with Gasteiger partial charge in [0.1, 0.15) is 0 Å². The lowest BCUT2D eigenvalue weighted by atomic mass is 10.1. The first-order valence-corrected chi connectivity index (χ1v) is 10.5. The lowest BCUT2D eigenvalue weighted by Crippen LogP contribution is -2.34. The molecule has 2 amide bonds. The summed E-state index contributed by atoms with van der Waals surface area (Å²) in [6.07, 6.45) is 16.6. The van der Waals surface area contributed by atoms with Gasteiger partial charge in [-0.15, -0.1) is 0 Å². The molecule has 0 aliphatic heterocycles. The molecule has 28 heavy (non-hydrogen) atoms. The molecule has 1 rings (SSSR count). The summed E-state index contributed by atoms with van der Waals surface area (Å²) >= 11 is 0. The van der Waals surface area contributed by atoms with Crippen LogP contribution in [0.25, 0.3) is 6.08 Å². The first-order valence-electron chi connectivity index (χ1n) is 10.5. The second-order valence-corrected chi connectivity index (χ2v) is 6.94. The molecule has 154 valence electrons. The van der Waals surface area contributed by atoms with Gasteiger partial charge in [0.15, 0.2) is 0 Å². The van der Waals surface area contributed by atoms with Gasteiger partial charge in [-0.3, -0.25) is 9.59 Å². The minimum atomic E-state index is -0.329. The van der Waals surface area contributed by atoms with Crippen LogP contribution in [0.1, 0.15) is 76.7 Å². The average molecular weight is 386 g/mol. The highest BCUT2D eigenvalue weighted by Crippen LogP contribution is 2.10. The Balaban J connectivity index is 1.98. The molecule has 1 aromatic rings. The number of hydrogen-bond donors (Lipinski definition) is 2. The number of allylic oxidation sites excluding steroid dienone is 1. The predicted molar refractivity (Wildman–Crippen MR) is 117 cm³/mol. The highest BCUT2D eigenvalue weighted by atomic mass is 16.2. The standard InChI is InChI=1S/C23H35N3O2/c1-2-3-4-5-6-7-8-9-13-18-22(27)24-20-23(28)26-25-19-14-17-21-15-11-10-12-16-21/h10-12,14-17,19H,2-9,13,18,20H2,1H3,(H,24,27)(H,26,28)/b17-14+,25-19-. The van der Waals surface area contributed by atoms with Crippen LogP contribution < -0.4 is 10.7 Å². The van der Waals surface area contributed by atoms with Crippen LogP contribution in [0, 0.1) is 0 Å². The molecule has 0 spiro atoms. The van der Waals surface area contributed by atoms with E-state index in [-0.39, 0.29) is 18.4 Å². The summed E-state index contributed by atoms with van der Waals surface area (Å²) in [5, 5.41) is 6.46. The van der Waals surface area contributed by atoms with E-state index < -0.39 is 0 Å². The molecule has 0 aliphatic carbocycles. The highest BCUT2D eigenvalue weighted by molar-refractivity contribution is 5.85. The minimum absolute atomic E-state index is 0.0456. The maximum absolute atomic E-state index is 11.7. The molecule has 0 saturated carbocycles. The fraction of sp³-hybridized carbons (Fsp3) is 0.522. The summed E-state index contributed by atoms with van der Waals surface area (Å²) in [5.74, 6) is -0.407. The second-order valence-electron chi connectivity index (χ2n) is 6.94. The Morgan fingerprint density at radius 2 is 1.54 bits per heavy atom. The van der Waals surface area contributed by atoms with Crippen molar-refractivity contribution in [3.63, 3.8) is 0 Å². The number of unbranched alkanes of at least 4 members (excludes halogenated alkanes) is 8. The number of amides is 2. The third kappa shape index (κ3) is 13.7. The van der Waals surface area contributed by atoms with E-state index in [2.05, 4.69) is 22.8 Å². The van der Waals surface area contributed by atoms with Crippen LogP contribution in [0.4, 0.5) is 0 Å². The molecule has 0 aliphatic rings. The van der Waals surface area contributed by atoms with Crippen LogP contribution >= 0.6 is 0 Å². The van der Waals surface area contributed by atoms with E-state index in [1.54, 1.807) is 6.08 Å². The van der Waals surface area contributed by atoms with Crippen molar-refractivity contribution in [1.82, 2.24) is 10.7 Å². The van der Waals surface area contributed by atoms with Crippen LogP contribution in [0.15, 0.2) is 41.5 Å². The van der Waals surface area contributed by atoms with Crippen molar-refractivity contribution in [2.45, 2.75) is 71.1 Å². The lowest BCUT2D eigenvalue weighted by molar-refractivity contribution is -0.126. The quantitative estimate of drug-likeness (QED) is 0.258. The molecule has 0 atom stereocenters. The van der Waals surface area contributed by atoms with E-state index >= 15 is 0 Å². The molecule has 0 saturated heterocycles. The van der Waals surface area contributed by atoms with Gasteiger partial charge in [0.25, 0.3) is 5.91 Å². The van der Waals surface area contributed by atoms with Gasteiger partial charge >= 0.3 is 0 Å². The predicted octanol–water partition coefficient (Wildman–Crippen LogP) is 4.84. The van der Waals surface area contributed by atoms with Crippen molar-refractivity contribution >= 4 is 24.1 Å². The van der Waals surface area contributed by atoms with Crippen LogP contribution in [0.5, 0.6) is 0 Å². The van der Waals surface area contributed by atoms with Crippen molar-refractivity contribution in [2.24, 2.45) is 5.10 Å². The van der Waals surface area contributed by atoms with Crippen LogP contribution in [0.3, 0.4) is 0 Å². The number of nitrogens with one attached hydrogen (secondary N) is 2. The molecular formula is C23H35N3O2. The van der Waals surface area contributed by atoms with Crippen LogP contribution in [0.2, 0.25) is 0 Å². The number of rotatable bonds is 15. The van der Waals surface area contributed by atoms with E-state index in [0.29, 0.717) is 6.42 Å².